The zero-order chi connectivity index (χ0) is 27.3. The van der Waals surface area contributed by atoms with E-state index in [1.807, 2.05) is 12.4 Å². The molecule has 1 atom stereocenters. The van der Waals surface area contributed by atoms with Gasteiger partial charge < -0.3 is 14.6 Å². The Bertz CT molecular complexity index is 1460. The van der Waals surface area contributed by atoms with Crippen LogP contribution in [0.3, 0.4) is 0 Å². The molecule has 0 saturated carbocycles. The summed E-state index contributed by atoms with van der Waals surface area (Å²) in [6, 6.07) is 15.3. The van der Waals surface area contributed by atoms with Gasteiger partial charge in [0, 0.05) is 54.5 Å². The Kier molecular flexibility index (Phi) is 8.40. The largest absolute Gasteiger partial charge is 0.381 e. The van der Waals surface area contributed by atoms with E-state index in [4.69, 9.17) is 14.7 Å². The monoisotopic (exact) mass is 539 g/mol. The van der Waals surface area contributed by atoms with Crippen LogP contribution in [-0.4, -0.2) is 51.1 Å². The van der Waals surface area contributed by atoms with E-state index in [1.54, 1.807) is 0 Å². The highest BCUT2D eigenvalue weighted by atomic mass is 16.5. The van der Waals surface area contributed by atoms with Crippen molar-refractivity contribution in [2.75, 3.05) is 19.8 Å². The lowest BCUT2D eigenvalue weighted by atomic mass is 9.90. The summed E-state index contributed by atoms with van der Waals surface area (Å²) in [5, 5.41) is 5.60. The number of benzene rings is 1. The molecule has 0 unspecified atom stereocenters. The summed E-state index contributed by atoms with van der Waals surface area (Å²) in [5.41, 5.74) is 5.80. The number of amides is 1. The molecule has 1 aromatic carbocycles. The summed E-state index contributed by atoms with van der Waals surface area (Å²) >= 11 is 0. The first kappa shape index (κ1) is 26.9. The number of aromatic nitrogens is 3. The average Bonchev–Trinajstić information content (AvgIpc) is 3.31. The Morgan fingerprint density at radius 2 is 1.90 bits per heavy atom. The molecule has 7 heteroatoms. The second kappa shape index (κ2) is 12.5. The smallest absolute Gasteiger partial charge is 0.240 e. The van der Waals surface area contributed by atoms with Gasteiger partial charge in [-0.3, -0.25) is 19.7 Å². The molecule has 210 valence electrons. The van der Waals surface area contributed by atoms with Crippen LogP contribution in [0.1, 0.15) is 74.9 Å². The van der Waals surface area contributed by atoms with E-state index in [0.29, 0.717) is 13.2 Å². The van der Waals surface area contributed by atoms with E-state index >= 15 is 0 Å². The Balaban J connectivity index is 1.37. The van der Waals surface area contributed by atoms with Gasteiger partial charge in [-0.25, -0.2) is 0 Å². The van der Waals surface area contributed by atoms with Gasteiger partial charge in [-0.2, -0.15) is 0 Å². The first-order valence-electron chi connectivity index (χ1n) is 15.1. The molecule has 0 radical (unpaired) electrons. The van der Waals surface area contributed by atoms with Crippen LogP contribution in [0.2, 0.25) is 0 Å². The fraction of sp³-hybridized carbons (Fsp3) is 0.485. The third kappa shape index (κ3) is 5.63. The number of hydrogen-bond acceptors (Lipinski definition) is 5. The molecule has 1 fully saturated rings. The molecule has 2 aliphatic rings. The minimum atomic E-state index is 0.0505. The third-order valence-corrected chi connectivity index (χ3v) is 8.65. The van der Waals surface area contributed by atoms with Crippen LogP contribution in [0.25, 0.3) is 21.8 Å². The molecule has 0 bridgehead atoms. The summed E-state index contributed by atoms with van der Waals surface area (Å²) in [6.45, 7) is 5.71. The lowest BCUT2D eigenvalue weighted by Gasteiger charge is -2.35. The predicted molar refractivity (Wildman–Crippen MR) is 159 cm³/mol. The minimum Gasteiger partial charge on any atom is -0.381 e. The maximum absolute atomic E-state index is 13.3. The van der Waals surface area contributed by atoms with Crippen LogP contribution in [0.5, 0.6) is 0 Å². The molecular formula is C33H41N5O2. The number of para-hydroxylation sites is 1. The van der Waals surface area contributed by atoms with Crippen LogP contribution in [0.15, 0.2) is 54.9 Å². The number of nitrogens with zero attached hydrogens (tertiary/aromatic N) is 4. The molecule has 6 rings (SSSR count). The summed E-state index contributed by atoms with van der Waals surface area (Å²) < 4.78 is 7.68. The zero-order valence-corrected chi connectivity index (χ0v) is 23.6. The Hall–Kier alpha value is -3.29. The average molecular weight is 540 g/mol. The lowest BCUT2D eigenvalue weighted by Crippen LogP contribution is -2.40. The van der Waals surface area contributed by atoms with Crippen molar-refractivity contribution in [3.05, 3.63) is 71.8 Å². The van der Waals surface area contributed by atoms with Gasteiger partial charge in [-0.1, -0.05) is 44.0 Å². The predicted octanol–water partition coefficient (Wildman–Crippen LogP) is 5.95. The van der Waals surface area contributed by atoms with Crippen LogP contribution >= 0.6 is 0 Å². The number of carbonyl (C=O) groups is 1. The summed E-state index contributed by atoms with van der Waals surface area (Å²) in [5.74, 6) is 0.0505. The van der Waals surface area contributed by atoms with Crippen molar-refractivity contribution in [1.82, 2.24) is 24.8 Å². The number of unbranched alkanes of at least 4 members (excludes halogenated alkanes) is 2. The van der Waals surface area contributed by atoms with Gasteiger partial charge in [0.15, 0.2) is 0 Å². The van der Waals surface area contributed by atoms with Gasteiger partial charge in [-0.15, -0.1) is 0 Å². The Labute approximate surface area is 236 Å². The van der Waals surface area contributed by atoms with Crippen LogP contribution in [0, 0.1) is 0 Å². The van der Waals surface area contributed by atoms with Crippen LogP contribution in [-0.2, 0) is 29.0 Å². The van der Waals surface area contributed by atoms with Gasteiger partial charge in [0.1, 0.15) is 6.54 Å². The fourth-order valence-electron chi connectivity index (χ4n) is 6.65. The normalized spacial score (nSPS) is 17.9. The molecular weight excluding hydrogens is 498 g/mol. The first-order valence-corrected chi connectivity index (χ1v) is 15.1. The standard InChI is InChI=1S/C33H41N5O2/c1-2-3-6-19-37(30-13-7-9-24-10-8-17-35-32(24)30)22-28-33-27(14-18-34-28)26-11-4-5-12-29(26)38(33)23-31(39)36-25-15-20-40-21-16-25/h4-5,8,10-12,14,17-18,25,30H,2-3,6-7,9,13,15-16,19-23H2,1H3,(H,36,39)/t30-/m0/s1. The highest BCUT2D eigenvalue weighted by molar-refractivity contribution is 6.09. The van der Waals surface area contributed by atoms with Crippen LogP contribution in [0.4, 0.5) is 0 Å². The second-order valence-electron chi connectivity index (χ2n) is 11.3. The molecule has 4 aromatic rings. The lowest BCUT2D eigenvalue weighted by molar-refractivity contribution is -0.122. The minimum absolute atomic E-state index is 0.0505. The number of ether oxygens (including phenoxy) is 1. The van der Waals surface area contributed by atoms with Crippen molar-refractivity contribution >= 4 is 27.7 Å². The number of nitrogens with one attached hydrogen (secondary N) is 1. The SMILES string of the molecule is CCCCCN(Cc1nccc2c3ccccc3n(CC(=O)NC3CCOCC3)c12)[C@H]1CCCc2cccnc21. The molecule has 1 amide bonds. The van der Waals surface area contributed by atoms with E-state index in [9.17, 15) is 4.79 Å². The van der Waals surface area contributed by atoms with Gasteiger partial charge in [0.2, 0.25) is 5.91 Å². The first-order chi connectivity index (χ1) is 19.7. The molecule has 4 heterocycles. The highest BCUT2D eigenvalue weighted by Crippen LogP contribution is 2.36. The number of aryl methyl sites for hydroxylation is 1. The fourth-order valence-corrected chi connectivity index (χ4v) is 6.65. The molecule has 0 spiro atoms. The molecule has 1 N–H and O–H groups in total. The van der Waals surface area contributed by atoms with E-state index in [0.717, 1.165) is 67.3 Å². The van der Waals surface area contributed by atoms with Gasteiger partial charge in [-0.05, 0) is 68.8 Å². The van der Waals surface area contributed by atoms with Gasteiger partial charge in [0.25, 0.3) is 0 Å². The van der Waals surface area contributed by atoms with Gasteiger partial charge in [0.05, 0.1) is 22.9 Å². The molecule has 7 nitrogen and oxygen atoms in total. The molecule has 40 heavy (non-hydrogen) atoms. The maximum atomic E-state index is 13.3. The topological polar surface area (TPSA) is 72.3 Å². The molecule has 1 aliphatic heterocycles. The van der Waals surface area contributed by atoms with Crippen molar-refractivity contribution in [2.24, 2.45) is 0 Å². The highest BCUT2D eigenvalue weighted by Gasteiger charge is 2.28. The third-order valence-electron chi connectivity index (χ3n) is 8.65. The summed E-state index contributed by atoms with van der Waals surface area (Å²) in [4.78, 5) is 25.8. The summed E-state index contributed by atoms with van der Waals surface area (Å²) in [7, 11) is 0. The maximum Gasteiger partial charge on any atom is 0.240 e. The zero-order valence-electron chi connectivity index (χ0n) is 23.6. The number of fused-ring (bicyclic) bond motifs is 4. The van der Waals surface area contributed by atoms with Crippen molar-refractivity contribution < 1.29 is 9.53 Å². The van der Waals surface area contributed by atoms with Crippen molar-refractivity contribution in [3.8, 4) is 0 Å². The van der Waals surface area contributed by atoms with E-state index in [-0.39, 0.29) is 24.5 Å². The quantitative estimate of drug-likeness (QED) is 0.252. The number of pyridine rings is 2. The van der Waals surface area contributed by atoms with Crippen molar-refractivity contribution in [3.63, 3.8) is 0 Å². The number of hydrogen-bond donors (Lipinski definition) is 1. The number of rotatable bonds is 10. The van der Waals surface area contributed by atoms with E-state index in [1.165, 1.54) is 35.9 Å². The molecule has 1 saturated heterocycles. The van der Waals surface area contributed by atoms with E-state index in [2.05, 4.69) is 64.2 Å². The number of carbonyl (C=O) groups excluding carboxylic acids is 1. The van der Waals surface area contributed by atoms with Gasteiger partial charge >= 0.3 is 0 Å². The Morgan fingerprint density at radius 1 is 1.02 bits per heavy atom. The van der Waals surface area contributed by atoms with E-state index < -0.39 is 0 Å². The molecule has 1 aliphatic carbocycles. The van der Waals surface area contributed by atoms with Crippen molar-refractivity contribution in [1.29, 1.82) is 0 Å². The molecule has 3 aromatic heterocycles. The van der Waals surface area contributed by atoms with Crippen molar-refractivity contribution in [2.45, 2.75) is 83.5 Å². The Morgan fingerprint density at radius 3 is 2.77 bits per heavy atom. The summed E-state index contributed by atoms with van der Waals surface area (Å²) in [6.07, 6.45) is 12.6. The van der Waals surface area contributed by atoms with Crippen LogP contribution < -0.4 is 5.32 Å². The second-order valence-corrected chi connectivity index (χ2v) is 11.3.